The van der Waals surface area contributed by atoms with Crippen LogP contribution in [0.5, 0.6) is 0 Å². The van der Waals surface area contributed by atoms with Crippen molar-refractivity contribution in [3.05, 3.63) is 24.3 Å². The Balaban J connectivity index is -0.0000101. The van der Waals surface area contributed by atoms with Crippen LogP contribution in [0, 0.1) is 5.92 Å². The Hall–Kier alpha value is -0.0200. The number of nitrogens with zero attached hydrogens (tertiary/aromatic N) is 1. The highest BCUT2D eigenvalue weighted by atomic mass is 35.5. The average molecular weight is 718 g/mol. The average Bonchev–Trinajstić information content (AvgIpc) is 3.05. The second-order valence-electron chi connectivity index (χ2n) is 15.1. The molecule has 290 valence electrons. The molecule has 0 aliphatic carbocycles. The van der Waals surface area contributed by atoms with E-state index in [1.165, 1.54) is 212 Å². The van der Waals surface area contributed by atoms with Crippen molar-refractivity contribution >= 4 is 24.8 Å². The van der Waals surface area contributed by atoms with Crippen LogP contribution in [0.1, 0.15) is 232 Å². The van der Waals surface area contributed by atoms with Gasteiger partial charge in [0.15, 0.2) is 0 Å². The van der Waals surface area contributed by atoms with E-state index in [2.05, 4.69) is 57.1 Å². The number of nitrogens with two attached hydrogens (primary N) is 1. The molecule has 2 N–H and O–H groups in total. The molecular weight excluding hydrogens is 627 g/mol. The minimum Gasteiger partial charge on any atom is -0.316 e. The number of hydrogen-bond acceptors (Lipinski definition) is 2. The van der Waals surface area contributed by atoms with Crippen molar-refractivity contribution in [2.45, 2.75) is 238 Å². The highest BCUT2D eigenvalue weighted by molar-refractivity contribution is 5.85. The molecule has 0 bridgehead atoms. The number of rotatable bonds is 38. The Bertz CT molecular complexity index is 579. The topological polar surface area (TPSA) is 29.3 Å². The standard InChI is InChI=1S/C44H88N2.2ClH/c1-5-7-9-11-13-15-17-19-21-23-25-27-29-31-33-35-39-43(41-37-38-42-44(45)46(3)4)40-36-34-32-30-28-26-24-22-20-18-16-14-12-10-8-6-2;;/h19-22,43-44H,5-18,23-42,45H2,1-4H3;2*1H/b21-19-,22-20-;;. The second kappa shape index (κ2) is 45.0. The van der Waals surface area contributed by atoms with Crippen molar-refractivity contribution in [2.24, 2.45) is 11.7 Å². The molecule has 0 saturated carbocycles. The SMILES string of the molecule is CCCCCCCC/C=C\CCCCCCCCC(CCCCCCCC/C=C\CCCCCCCC)CCCCC(N)N(C)C.Cl.Cl. The highest BCUT2D eigenvalue weighted by Gasteiger charge is 2.10. The van der Waals surface area contributed by atoms with Gasteiger partial charge in [-0.1, -0.05) is 199 Å². The quantitative estimate of drug-likeness (QED) is 0.0391. The summed E-state index contributed by atoms with van der Waals surface area (Å²) in [6, 6.07) is 0. The van der Waals surface area contributed by atoms with Crippen molar-refractivity contribution in [1.82, 2.24) is 4.90 Å². The summed E-state index contributed by atoms with van der Waals surface area (Å²) in [6.45, 7) is 4.60. The zero-order valence-electron chi connectivity index (χ0n) is 33.3. The van der Waals surface area contributed by atoms with E-state index in [1.54, 1.807) is 0 Å². The molecule has 48 heavy (non-hydrogen) atoms. The Morgan fingerprint density at radius 2 is 0.625 bits per heavy atom. The molecule has 0 aromatic heterocycles. The van der Waals surface area contributed by atoms with E-state index >= 15 is 0 Å². The van der Waals surface area contributed by atoms with Gasteiger partial charge in [-0.25, -0.2) is 0 Å². The maximum Gasteiger partial charge on any atom is 0.0566 e. The predicted molar refractivity (Wildman–Crippen MR) is 226 cm³/mol. The molecule has 0 aromatic carbocycles. The molecule has 0 spiro atoms. The molecule has 0 radical (unpaired) electrons. The normalized spacial score (nSPS) is 12.4. The van der Waals surface area contributed by atoms with Gasteiger partial charge in [0.25, 0.3) is 0 Å². The second-order valence-corrected chi connectivity index (χ2v) is 15.1. The third-order valence-electron chi connectivity index (χ3n) is 10.3. The summed E-state index contributed by atoms with van der Waals surface area (Å²) in [7, 11) is 4.21. The van der Waals surface area contributed by atoms with Crippen LogP contribution >= 0.6 is 24.8 Å². The van der Waals surface area contributed by atoms with Crippen molar-refractivity contribution in [3.63, 3.8) is 0 Å². The van der Waals surface area contributed by atoms with E-state index in [9.17, 15) is 0 Å². The van der Waals surface area contributed by atoms with Gasteiger partial charge in [-0.2, -0.15) is 0 Å². The van der Waals surface area contributed by atoms with Crippen LogP contribution in [0.2, 0.25) is 0 Å². The number of allylic oxidation sites excluding steroid dienone is 4. The summed E-state index contributed by atoms with van der Waals surface area (Å²) < 4.78 is 0. The van der Waals surface area contributed by atoms with E-state index in [0.717, 1.165) is 12.3 Å². The Morgan fingerprint density at radius 3 is 0.938 bits per heavy atom. The Kier molecular flexibility index (Phi) is 49.1. The zero-order chi connectivity index (χ0) is 33.6. The molecule has 1 atom stereocenters. The first-order valence-electron chi connectivity index (χ1n) is 21.3. The van der Waals surface area contributed by atoms with E-state index in [0.29, 0.717) is 0 Å². The van der Waals surface area contributed by atoms with Gasteiger partial charge in [0.05, 0.1) is 6.17 Å². The fourth-order valence-electron chi connectivity index (χ4n) is 6.84. The van der Waals surface area contributed by atoms with Gasteiger partial charge in [-0.3, -0.25) is 4.90 Å². The smallest absolute Gasteiger partial charge is 0.0566 e. The summed E-state index contributed by atoms with van der Waals surface area (Å²) in [5.74, 6) is 0.948. The molecule has 0 fully saturated rings. The summed E-state index contributed by atoms with van der Waals surface area (Å²) in [5, 5.41) is 0. The molecule has 0 heterocycles. The van der Waals surface area contributed by atoms with E-state index in [1.807, 2.05) is 0 Å². The van der Waals surface area contributed by atoms with Crippen LogP contribution in [-0.4, -0.2) is 25.2 Å². The maximum absolute atomic E-state index is 6.26. The lowest BCUT2D eigenvalue weighted by atomic mass is 9.89. The summed E-state index contributed by atoms with van der Waals surface area (Å²) >= 11 is 0. The van der Waals surface area contributed by atoms with Gasteiger partial charge in [-0.15, -0.1) is 24.8 Å². The molecule has 0 aliphatic heterocycles. The van der Waals surface area contributed by atoms with Crippen molar-refractivity contribution in [2.75, 3.05) is 14.1 Å². The molecular formula is C44H90Cl2N2. The number of halogens is 2. The van der Waals surface area contributed by atoms with Gasteiger partial charge in [0.2, 0.25) is 0 Å². The van der Waals surface area contributed by atoms with Crippen molar-refractivity contribution in [3.8, 4) is 0 Å². The molecule has 0 aromatic rings. The predicted octanol–water partition coefficient (Wildman–Crippen LogP) is 15.7. The lowest BCUT2D eigenvalue weighted by Crippen LogP contribution is -2.36. The summed E-state index contributed by atoms with van der Waals surface area (Å²) in [6.07, 6.45) is 57.5. The largest absolute Gasteiger partial charge is 0.316 e. The first-order valence-corrected chi connectivity index (χ1v) is 21.3. The van der Waals surface area contributed by atoms with Gasteiger partial charge in [-0.05, 0) is 77.8 Å². The van der Waals surface area contributed by atoms with Crippen LogP contribution in [0.15, 0.2) is 24.3 Å². The van der Waals surface area contributed by atoms with Crippen molar-refractivity contribution < 1.29 is 0 Å². The van der Waals surface area contributed by atoms with Gasteiger partial charge in [0, 0.05) is 0 Å². The van der Waals surface area contributed by atoms with Crippen LogP contribution in [0.3, 0.4) is 0 Å². The molecule has 2 nitrogen and oxygen atoms in total. The lowest BCUT2D eigenvalue weighted by Gasteiger charge is -2.20. The van der Waals surface area contributed by atoms with Crippen LogP contribution in [0.25, 0.3) is 0 Å². The van der Waals surface area contributed by atoms with Crippen LogP contribution in [-0.2, 0) is 0 Å². The maximum atomic E-state index is 6.26. The van der Waals surface area contributed by atoms with E-state index in [-0.39, 0.29) is 31.0 Å². The minimum atomic E-state index is 0. The first-order chi connectivity index (χ1) is 22.6. The molecule has 0 aliphatic rings. The molecule has 0 rings (SSSR count). The monoisotopic (exact) mass is 717 g/mol. The first kappa shape index (κ1) is 52.3. The zero-order valence-corrected chi connectivity index (χ0v) is 35.0. The number of unbranched alkanes of at least 4 members (excludes halogenated alkanes) is 25. The van der Waals surface area contributed by atoms with Gasteiger partial charge >= 0.3 is 0 Å². The summed E-state index contributed by atoms with van der Waals surface area (Å²) in [4.78, 5) is 2.16. The van der Waals surface area contributed by atoms with Gasteiger partial charge in [0.1, 0.15) is 0 Å². The van der Waals surface area contributed by atoms with Crippen molar-refractivity contribution in [1.29, 1.82) is 0 Å². The fraction of sp³-hybridized carbons (Fsp3) is 0.909. The third-order valence-corrected chi connectivity index (χ3v) is 10.3. The summed E-state index contributed by atoms with van der Waals surface area (Å²) in [5.41, 5.74) is 6.26. The fourth-order valence-corrected chi connectivity index (χ4v) is 6.84. The van der Waals surface area contributed by atoms with E-state index in [4.69, 9.17) is 5.73 Å². The Labute approximate surface area is 316 Å². The molecule has 0 amide bonds. The lowest BCUT2D eigenvalue weighted by molar-refractivity contribution is 0.273. The molecule has 0 saturated heterocycles. The van der Waals surface area contributed by atoms with Gasteiger partial charge < -0.3 is 5.73 Å². The van der Waals surface area contributed by atoms with Crippen LogP contribution < -0.4 is 5.73 Å². The van der Waals surface area contributed by atoms with E-state index < -0.39 is 0 Å². The highest BCUT2D eigenvalue weighted by Crippen LogP contribution is 2.25. The van der Waals surface area contributed by atoms with Crippen LogP contribution in [0.4, 0.5) is 0 Å². The minimum absolute atomic E-state index is 0. The Morgan fingerprint density at radius 1 is 0.375 bits per heavy atom. The number of hydrogen-bond donors (Lipinski definition) is 1. The third kappa shape index (κ3) is 42.1. The molecule has 4 heteroatoms. The molecule has 1 unspecified atom stereocenters.